The molecule has 5 aromatic carbocycles. The predicted octanol–water partition coefficient (Wildman–Crippen LogP) is 10.1. The molecule has 2 unspecified atom stereocenters. The molecule has 3 aliphatic carbocycles. The van der Waals surface area contributed by atoms with Gasteiger partial charge in [-0.1, -0.05) is 140 Å². The summed E-state index contributed by atoms with van der Waals surface area (Å²) < 4.78 is 0. The Balaban J connectivity index is 1.27. The molecule has 0 bridgehead atoms. The van der Waals surface area contributed by atoms with Crippen LogP contribution in [0.25, 0.3) is 50.1 Å². The maximum atomic E-state index is 5.49. The summed E-state index contributed by atoms with van der Waals surface area (Å²) in [5.74, 6) is 1.31. The van der Waals surface area contributed by atoms with Gasteiger partial charge < -0.3 is 0 Å². The first-order valence-corrected chi connectivity index (χ1v) is 15.5. The fourth-order valence-electron chi connectivity index (χ4n) is 7.69. The molecule has 1 aromatic heterocycles. The van der Waals surface area contributed by atoms with Gasteiger partial charge in [-0.2, -0.15) is 0 Å². The van der Waals surface area contributed by atoms with Crippen molar-refractivity contribution < 1.29 is 0 Å². The second-order valence-electron chi connectivity index (χ2n) is 12.3. The van der Waals surface area contributed by atoms with Gasteiger partial charge in [0.15, 0.2) is 5.82 Å². The third kappa shape index (κ3) is 3.55. The average Bonchev–Trinajstić information content (AvgIpc) is 3.55. The SMILES string of the molecule is CC1C=CC=C(c2ncc3c(n2)C2(c4ccccc4-c4ccc(-c5ccc(-c6ccccc6)cc5)cc42)c2ccccc2-3)C1. The fraction of sp³-hybridized carbons (Fsp3) is 0.0952. The smallest absolute Gasteiger partial charge is 0.155 e. The molecule has 0 radical (unpaired) electrons. The lowest BCUT2D eigenvalue weighted by Crippen LogP contribution is -2.27. The molecule has 3 aliphatic rings. The van der Waals surface area contributed by atoms with Crippen molar-refractivity contribution in [3.05, 3.63) is 174 Å². The lowest BCUT2D eigenvalue weighted by atomic mass is 9.72. The van der Waals surface area contributed by atoms with Crippen molar-refractivity contribution in [2.75, 3.05) is 0 Å². The number of hydrogen-bond acceptors (Lipinski definition) is 2. The van der Waals surface area contributed by atoms with Gasteiger partial charge in [-0.3, -0.25) is 0 Å². The van der Waals surface area contributed by atoms with Crippen molar-refractivity contribution >= 4 is 5.57 Å². The normalized spacial score (nSPS) is 18.8. The number of fused-ring (bicyclic) bond motifs is 10. The quantitative estimate of drug-likeness (QED) is 0.214. The standard InChI is InChI=1S/C42H30N2/c1-27-10-9-13-32(24-27)41-43-26-36-34-15-6-8-17-38(34)42(40(36)44-41)37-16-7-5-14-33(37)35-23-22-31(25-39(35)42)30-20-18-29(19-21-30)28-11-3-2-4-12-28/h2-23,25-27H,24H2,1H3. The van der Waals surface area contributed by atoms with Gasteiger partial charge in [0.1, 0.15) is 0 Å². The number of rotatable bonds is 3. The third-order valence-electron chi connectivity index (χ3n) is 9.70. The summed E-state index contributed by atoms with van der Waals surface area (Å²) in [6.07, 6.45) is 9.61. The summed E-state index contributed by atoms with van der Waals surface area (Å²) in [4.78, 5) is 10.5. The Morgan fingerprint density at radius 2 is 1.18 bits per heavy atom. The van der Waals surface area contributed by atoms with Crippen LogP contribution in [0.4, 0.5) is 0 Å². The first kappa shape index (κ1) is 25.2. The van der Waals surface area contributed by atoms with E-state index in [0.29, 0.717) is 5.92 Å². The summed E-state index contributed by atoms with van der Waals surface area (Å²) in [6.45, 7) is 2.26. The van der Waals surface area contributed by atoms with Crippen LogP contribution in [-0.4, -0.2) is 9.97 Å². The minimum atomic E-state index is -0.508. The van der Waals surface area contributed by atoms with E-state index in [1.54, 1.807) is 0 Å². The van der Waals surface area contributed by atoms with Crippen molar-refractivity contribution in [3.63, 3.8) is 0 Å². The zero-order chi connectivity index (χ0) is 29.3. The van der Waals surface area contributed by atoms with E-state index in [0.717, 1.165) is 23.5 Å². The molecule has 0 amide bonds. The number of benzene rings is 5. The van der Waals surface area contributed by atoms with Crippen LogP contribution in [-0.2, 0) is 5.41 Å². The van der Waals surface area contributed by atoms with E-state index in [2.05, 4.69) is 153 Å². The molecule has 1 spiro atoms. The monoisotopic (exact) mass is 562 g/mol. The molecule has 0 N–H and O–H groups in total. The fourth-order valence-corrected chi connectivity index (χ4v) is 7.69. The molecule has 0 saturated heterocycles. The van der Waals surface area contributed by atoms with Crippen LogP contribution in [0.1, 0.15) is 41.6 Å². The van der Waals surface area contributed by atoms with E-state index in [1.807, 2.05) is 0 Å². The molecule has 208 valence electrons. The molecule has 9 rings (SSSR count). The van der Waals surface area contributed by atoms with Crippen LogP contribution in [0, 0.1) is 5.92 Å². The Labute approximate surface area is 258 Å². The molecule has 2 nitrogen and oxygen atoms in total. The lowest BCUT2D eigenvalue weighted by molar-refractivity contribution is 0.730. The van der Waals surface area contributed by atoms with E-state index < -0.39 is 5.41 Å². The molecule has 6 aromatic rings. The van der Waals surface area contributed by atoms with E-state index in [1.165, 1.54) is 61.2 Å². The summed E-state index contributed by atoms with van der Waals surface area (Å²) in [6, 6.07) is 44.3. The van der Waals surface area contributed by atoms with Crippen LogP contribution in [0.5, 0.6) is 0 Å². The number of aromatic nitrogens is 2. The molecular formula is C42H30N2. The molecular weight excluding hydrogens is 532 g/mol. The van der Waals surface area contributed by atoms with Crippen molar-refractivity contribution in [3.8, 4) is 44.5 Å². The zero-order valence-electron chi connectivity index (χ0n) is 24.5. The van der Waals surface area contributed by atoms with E-state index in [-0.39, 0.29) is 0 Å². The van der Waals surface area contributed by atoms with Gasteiger partial charge in [0.25, 0.3) is 0 Å². The summed E-state index contributed by atoms with van der Waals surface area (Å²) in [5, 5.41) is 0. The first-order chi connectivity index (χ1) is 21.7. The molecule has 0 fully saturated rings. The Kier molecular flexibility index (Phi) is 5.49. The lowest BCUT2D eigenvalue weighted by Gasteiger charge is -2.30. The minimum Gasteiger partial charge on any atom is -0.236 e. The van der Waals surface area contributed by atoms with Crippen molar-refractivity contribution in [2.24, 2.45) is 5.92 Å². The maximum absolute atomic E-state index is 5.49. The highest BCUT2D eigenvalue weighted by atomic mass is 14.9. The molecule has 1 heterocycles. The van der Waals surface area contributed by atoms with Crippen LogP contribution >= 0.6 is 0 Å². The van der Waals surface area contributed by atoms with E-state index in [4.69, 9.17) is 9.97 Å². The molecule has 44 heavy (non-hydrogen) atoms. The van der Waals surface area contributed by atoms with Gasteiger partial charge in [0.2, 0.25) is 0 Å². The van der Waals surface area contributed by atoms with Crippen molar-refractivity contribution in [1.82, 2.24) is 9.97 Å². The highest BCUT2D eigenvalue weighted by molar-refractivity contribution is 5.95. The topological polar surface area (TPSA) is 25.8 Å². The van der Waals surface area contributed by atoms with Crippen LogP contribution in [0.2, 0.25) is 0 Å². The molecule has 2 atom stereocenters. The van der Waals surface area contributed by atoms with Gasteiger partial charge in [-0.05, 0) is 79.6 Å². The van der Waals surface area contributed by atoms with Crippen LogP contribution in [0.15, 0.2) is 146 Å². The Hall–Kier alpha value is -5.34. The Morgan fingerprint density at radius 3 is 1.91 bits per heavy atom. The maximum Gasteiger partial charge on any atom is 0.155 e. The molecule has 2 heteroatoms. The summed E-state index contributed by atoms with van der Waals surface area (Å²) in [7, 11) is 0. The predicted molar refractivity (Wildman–Crippen MR) is 180 cm³/mol. The van der Waals surface area contributed by atoms with Crippen molar-refractivity contribution in [2.45, 2.75) is 18.8 Å². The van der Waals surface area contributed by atoms with E-state index in [9.17, 15) is 0 Å². The highest BCUT2D eigenvalue weighted by Gasteiger charge is 2.53. The minimum absolute atomic E-state index is 0.474. The average molecular weight is 563 g/mol. The van der Waals surface area contributed by atoms with E-state index >= 15 is 0 Å². The third-order valence-corrected chi connectivity index (χ3v) is 9.70. The largest absolute Gasteiger partial charge is 0.236 e. The molecule has 0 saturated carbocycles. The number of hydrogen-bond donors (Lipinski definition) is 0. The summed E-state index contributed by atoms with van der Waals surface area (Å²) in [5.41, 5.74) is 15.5. The van der Waals surface area contributed by atoms with Gasteiger partial charge in [-0.15, -0.1) is 0 Å². The zero-order valence-corrected chi connectivity index (χ0v) is 24.5. The van der Waals surface area contributed by atoms with Gasteiger partial charge in [0.05, 0.1) is 11.1 Å². The van der Waals surface area contributed by atoms with Crippen LogP contribution < -0.4 is 0 Å². The van der Waals surface area contributed by atoms with Gasteiger partial charge >= 0.3 is 0 Å². The number of nitrogens with zero attached hydrogens (tertiary/aromatic N) is 2. The first-order valence-electron chi connectivity index (χ1n) is 15.5. The highest BCUT2D eigenvalue weighted by Crippen LogP contribution is 2.62. The second-order valence-corrected chi connectivity index (χ2v) is 12.3. The Bertz CT molecular complexity index is 2140. The van der Waals surface area contributed by atoms with Crippen LogP contribution in [0.3, 0.4) is 0 Å². The molecule has 0 aliphatic heterocycles. The van der Waals surface area contributed by atoms with Gasteiger partial charge in [-0.25, -0.2) is 9.97 Å². The number of allylic oxidation sites excluding steroid dienone is 4. The summed E-state index contributed by atoms with van der Waals surface area (Å²) >= 11 is 0. The van der Waals surface area contributed by atoms with Gasteiger partial charge in [0, 0.05) is 11.8 Å². The van der Waals surface area contributed by atoms with Crippen molar-refractivity contribution in [1.29, 1.82) is 0 Å². The second kappa shape index (κ2) is 9.59. The Morgan fingerprint density at radius 1 is 0.591 bits per heavy atom.